The Kier molecular flexibility index (Phi) is 8.72. The zero-order valence-electron chi connectivity index (χ0n) is 21.8. The Morgan fingerprint density at radius 3 is 1.29 bits per heavy atom. The number of pyridine rings is 2. The van der Waals surface area contributed by atoms with Crippen LogP contribution in [0.1, 0.15) is 52.7 Å². The minimum atomic E-state index is -0.546. The quantitative estimate of drug-likeness (QED) is 0.325. The van der Waals surface area contributed by atoms with Crippen LogP contribution in [0.25, 0.3) is 0 Å². The fourth-order valence-electron chi connectivity index (χ4n) is 3.87. The lowest BCUT2D eigenvalue weighted by Crippen LogP contribution is -2.24. The highest BCUT2D eigenvalue weighted by atomic mass is 31.1. The average Bonchev–Trinajstić information content (AvgIpc) is 2.80. The summed E-state index contributed by atoms with van der Waals surface area (Å²) < 4.78 is 10.9. The summed E-state index contributed by atoms with van der Waals surface area (Å²) in [5, 5.41) is 0.232. The molecule has 2 heterocycles. The van der Waals surface area contributed by atoms with Gasteiger partial charge in [0.05, 0.1) is 25.1 Å². The summed E-state index contributed by atoms with van der Waals surface area (Å²) in [6.45, 7) is 13.9. The van der Waals surface area contributed by atoms with Crippen LogP contribution in [0.5, 0.6) is 11.8 Å². The van der Waals surface area contributed by atoms with Gasteiger partial charge < -0.3 is 9.47 Å². The van der Waals surface area contributed by atoms with Crippen LogP contribution in [0.3, 0.4) is 0 Å². The Bertz CT molecular complexity index is 1000. The number of aromatic nitrogens is 2. The van der Waals surface area contributed by atoms with E-state index in [2.05, 4.69) is 90.1 Å². The van der Waals surface area contributed by atoms with E-state index in [4.69, 9.17) is 19.4 Å². The summed E-state index contributed by atoms with van der Waals surface area (Å²) in [6, 6.07) is 21.2. The number of nitrogens with zero attached hydrogens (tertiary/aromatic N) is 2. The van der Waals surface area contributed by atoms with E-state index in [-0.39, 0.29) is 10.3 Å². The lowest BCUT2D eigenvalue weighted by Gasteiger charge is -2.34. The van der Waals surface area contributed by atoms with Gasteiger partial charge in [0.15, 0.2) is 0 Å². The maximum atomic E-state index is 5.43. The molecule has 0 bridgehead atoms. The SMILES string of the molecule is COc1cccc(P(Cc2ccccc2CP(c2cccc(OC)n2)C(C)(C)C)C(C)(C)C)n1. The smallest absolute Gasteiger partial charge is 0.213 e. The van der Waals surface area contributed by atoms with Crippen molar-refractivity contribution in [2.24, 2.45) is 0 Å². The third kappa shape index (κ3) is 6.77. The first-order valence-electron chi connectivity index (χ1n) is 11.7. The van der Waals surface area contributed by atoms with E-state index in [1.807, 2.05) is 12.1 Å². The molecule has 4 nitrogen and oxygen atoms in total. The van der Waals surface area contributed by atoms with Crippen molar-refractivity contribution in [1.29, 1.82) is 0 Å². The summed E-state index contributed by atoms with van der Waals surface area (Å²) in [5.41, 5.74) is 5.11. The van der Waals surface area contributed by atoms with Crippen LogP contribution >= 0.6 is 15.8 Å². The first-order valence-corrected chi connectivity index (χ1v) is 14.7. The second-order valence-corrected chi connectivity index (χ2v) is 16.3. The second kappa shape index (κ2) is 11.1. The van der Waals surface area contributed by atoms with Crippen molar-refractivity contribution in [3.63, 3.8) is 0 Å². The Hall–Kier alpha value is -2.02. The molecule has 2 unspecified atom stereocenters. The number of rotatable bonds is 8. The third-order valence-electron chi connectivity index (χ3n) is 5.78. The molecule has 3 aromatic rings. The summed E-state index contributed by atoms with van der Waals surface area (Å²) in [7, 11) is 2.27. The van der Waals surface area contributed by atoms with E-state index in [9.17, 15) is 0 Å². The van der Waals surface area contributed by atoms with Gasteiger partial charge in [0.25, 0.3) is 0 Å². The topological polar surface area (TPSA) is 44.2 Å². The van der Waals surface area contributed by atoms with Crippen LogP contribution in [0.4, 0.5) is 0 Å². The molecule has 182 valence electrons. The third-order valence-corrected chi connectivity index (χ3v) is 11.9. The molecule has 0 aliphatic carbocycles. The second-order valence-electron chi connectivity index (χ2n) is 10.4. The molecule has 0 N–H and O–H groups in total. The summed E-state index contributed by atoms with van der Waals surface area (Å²) in [6.07, 6.45) is 1.99. The zero-order valence-corrected chi connectivity index (χ0v) is 23.6. The van der Waals surface area contributed by atoms with Crippen LogP contribution in [0, 0.1) is 0 Å². The van der Waals surface area contributed by atoms with Gasteiger partial charge in [-0.1, -0.05) is 77.9 Å². The molecule has 0 radical (unpaired) electrons. The molecule has 34 heavy (non-hydrogen) atoms. The highest BCUT2D eigenvalue weighted by molar-refractivity contribution is 7.66. The highest BCUT2D eigenvalue weighted by Gasteiger charge is 2.31. The number of hydrogen-bond acceptors (Lipinski definition) is 4. The molecule has 0 saturated carbocycles. The van der Waals surface area contributed by atoms with Crippen LogP contribution < -0.4 is 20.3 Å². The normalized spacial score (nSPS) is 13.9. The summed E-state index contributed by atoms with van der Waals surface area (Å²) in [4.78, 5) is 9.67. The van der Waals surface area contributed by atoms with E-state index >= 15 is 0 Å². The largest absolute Gasteiger partial charge is 0.481 e. The molecular formula is C28H38N2O2P2. The predicted octanol–water partition coefficient (Wildman–Crippen LogP) is 6.71. The molecule has 3 rings (SSSR count). The number of ether oxygens (including phenoxy) is 2. The van der Waals surface area contributed by atoms with Gasteiger partial charge >= 0.3 is 0 Å². The Morgan fingerprint density at radius 1 is 0.588 bits per heavy atom. The van der Waals surface area contributed by atoms with Gasteiger partial charge in [-0.3, -0.25) is 0 Å². The molecule has 0 aliphatic rings. The minimum Gasteiger partial charge on any atom is -0.481 e. The number of hydrogen-bond donors (Lipinski definition) is 0. The van der Waals surface area contributed by atoms with Crippen molar-refractivity contribution in [3.8, 4) is 11.8 Å². The monoisotopic (exact) mass is 496 g/mol. The maximum Gasteiger partial charge on any atom is 0.213 e. The first kappa shape index (κ1) is 26.6. The minimum absolute atomic E-state index is 0.116. The van der Waals surface area contributed by atoms with E-state index in [0.717, 1.165) is 23.2 Å². The summed E-state index contributed by atoms with van der Waals surface area (Å²) in [5.74, 6) is 1.37. The first-order chi connectivity index (χ1) is 16.0. The van der Waals surface area contributed by atoms with E-state index in [0.29, 0.717) is 11.8 Å². The summed E-state index contributed by atoms with van der Waals surface area (Å²) >= 11 is 0. The lowest BCUT2D eigenvalue weighted by molar-refractivity contribution is 0.399. The van der Waals surface area contributed by atoms with Crippen molar-refractivity contribution in [2.75, 3.05) is 14.2 Å². The lowest BCUT2D eigenvalue weighted by atomic mass is 10.1. The molecule has 0 fully saturated rings. The maximum absolute atomic E-state index is 5.43. The van der Waals surface area contributed by atoms with Crippen LogP contribution in [0.2, 0.25) is 0 Å². The van der Waals surface area contributed by atoms with Crippen molar-refractivity contribution in [3.05, 3.63) is 71.8 Å². The fraction of sp³-hybridized carbons (Fsp3) is 0.429. The molecule has 0 aliphatic heterocycles. The molecule has 2 aromatic heterocycles. The molecular weight excluding hydrogens is 458 g/mol. The van der Waals surface area contributed by atoms with Gasteiger partial charge in [0, 0.05) is 12.1 Å². The number of benzene rings is 1. The van der Waals surface area contributed by atoms with Crippen LogP contribution in [0.15, 0.2) is 60.7 Å². The molecule has 0 saturated heterocycles. The Morgan fingerprint density at radius 2 is 0.971 bits per heavy atom. The van der Waals surface area contributed by atoms with Crippen molar-refractivity contribution in [1.82, 2.24) is 9.97 Å². The van der Waals surface area contributed by atoms with Gasteiger partial charge in [0.2, 0.25) is 11.8 Å². The van der Waals surface area contributed by atoms with Crippen molar-refractivity contribution < 1.29 is 9.47 Å². The van der Waals surface area contributed by atoms with Gasteiger partial charge in [-0.2, -0.15) is 0 Å². The fourth-order valence-corrected chi connectivity index (χ4v) is 8.78. The van der Waals surface area contributed by atoms with Gasteiger partial charge in [-0.25, -0.2) is 9.97 Å². The predicted molar refractivity (Wildman–Crippen MR) is 148 cm³/mol. The molecule has 0 spiro atoms. The van der Waals surface area contributed by atoms with Crippen LogP contribution in [-0.2, 0) is 12.3 Å². The van der Waals surface area contributed by atoms with Gasteiger partial charge in [0.1, 0.15) is 0 Å². The molecule has 1 aromatic carbocycles. The standard InChI is InChI=1S/C28H38N2O2P2/c1-27(2,3)33(25-17-11-15-23(29-25)31-7)19-21-13-9-10-14-22(21)20-34(28(4,5)6)26-18-12-16-24(30-26)32-8/h9-18H,19-20H2,1-8H3. The van der Waals surface area contributed by atoms with E-state index < -0.39 is 15.8 Å². The highest BCUT2D eigenvalue weighted by Crippen LogP contribution is 2.54. The average molecular weight is 497 g/mol. The van der Waals surface area contributed by atoms with Crippen LogP contribution in [-0.4, -0.2) is 34.5 Å². The molecule has 6 heteroatoms. The van der Waals surface area contributed by atoms with Crippen molar-refractivity contribution in [2.45, 2.75) is 64.2 Å². The zero-order chi connectivity index (χ0) is 24.9. The van der Waals surface area contributed by atoms with Gasteiger partial charge in [-0.15, -0.1) is 0 Å². The Balaban J connectivity index is 1.98. The van der Waals surface area contributed by atoms with Crippen molar-refractivity contribution >= 4 is 26.7 Å². The number of methoxy groups -OCH3 is 2. The van der Waals surface area contributed by atoms with E-state index in [1.165, 1.54) is 11.1 Å². The Labute approximate surface area is 208 Å². The molecule has 2 atom stereocenters. The molecule has 0 amide bonds. The van der Waals surface area contributed by atoms with E-state index in [1.54, 1.807) is 14.2 Å². The van der Waals surface area contributed by atoms with Gasteiger partial charge in [-0.05, 0) is 61.7 Å².